The minimum Gasteiger partial charge on any atom is -0.352 e. The van der Waals surface area contributed by atoms with E-state index in [1.165, 1.54) is 24.3 Å². The molecule has 2 amide bonds. The van der Waals surface area contributed by atoms with Gasteiger partial charge < -0.3 is 10.6 Å². The summed E-state index contributed by atoms with van der Waals surface area (Å²) in [6.07, 6.45) is 0.655. The lowest BCUT2D eigenvalue weighted by molar-refractivity contribution is 0.0954. The highest BCUT2D eigenvalue weighted by atomic mass is 19.2. The van der Waals surface area contributed by atoms with Crippen molar-refractivity contribution in [2.75, 3.05) is 11.9 Å². The van der Waals surface area contributed by atoms with Crippen molar-refractivity contribution < 1.29 is 22.8 Å². The Bertz CT molecular complexity index is 1040. The van der Waals surface area contributed by atoms with Crippen LogP contribution in [0.2, 0.25) is 0 Å². The van der Waals surface area contributed by atoms with Gasteiger partial charge in [-0.15, -0.1) is 0 Å². The zero-order valence-electron chi connectivity index (χ0n) is 15.2. The van der Waals surface area contributed by atoms with Crippen LogP contribution in [0.1, 0.15) is 26.3 Å². The maximum Gasteiger partial charge on any atom is 0.255 e. The van der Waals surface area contributed by atoms with Gasteiger partial charge in [-0.1, -0.05) is 36.4 Å². The molecule has 0 aliphatic rings. The third-order valence-corrected chi connectivity index (χ3v) is 4.21. The second kappa shape index (κ2) is 9.05. The predicted octanol–water partition coefficient (Wildman–Crippen LogP) is 4.33. The highest BCUT2D eigenvalue weighted by Crippen LogP contribution is 2.20. The summed E-state index contributed by atoms with van der Waals surface area (Å²) in [5.41, 5.74) is 0.905. The number of benzene rings is 3. The molecule has 0 aromatic heterocycles. The van der Waals surface area contributed by atoms with Crippen LogP contribution >= 0.6 is 0 Å². The van der Waals surface area contributed by atoms with Gasteiger partial charge in [0.2, 0.25) is 0 Å². The fraction of sp³-hybridized carbons (Fsp3) is 0.0909. The predicted molar refractivity (Wildman–Crippen MR) is 103 cm³/mol. The molecule has 0 aliphatic heterocycles. The van der Waals surface area contributed by atoms with Gasteiger partial charge in [0.25, 0.3) is 11.8 Å². The Morgan fingerprint density at radius 2 is 1.45 bits per heavy atom. The lowest BCUT2D eigenvalue weighted by Crippen LogP contribution is -2.26. The molecule has 3 rings (SSSR count). The number of hydrogen-bond acceptors (Lipinski definition) is 2. The van der Waals surface area contributed by atoms with Crippen LogP contribution in [0.3, 0.4) is 0 Å². The Morgan fingerprint density at radius 1 is 0.759 bits per heavy atom. The lowest BCUT2D eigenvalue weighted by Gasteiger charge is -2.09. The number of nitrogens with one attached hydrogen (secondary N) is 2. The van der Waals surface area contributed by atoms with Crippen molar-refractivity contribution in [2.24, 2.45) is 0 Å². The second-order valence-corrected chi connectivity index (χ2v) is 6.25. The highest BCUT2D eigenvalue weighted by molar-refractivity contribution is 6.06. The molecule has 0 spiro atoms. The third kappa shape index (κ3) is 5.01. The van der Waals surface area contributed by atoms with E-state index in [0.29, 0.717) is 19.0 Å². The monoisotopic (exact) mass is 398 g/mol. The summed E-state index contributed by atoms with van der Waals surface area (Å²) in [6.45, 7) is 0.416. The molecule has 0 bridgehead atoms. The molecule has 0 atom stereocenters. The van der Waals surface area contributed by atoms with Crippen molar-refractivity contribution in [2.45, 2.75) is 6.42 Å². The van der Waals surface area contributed by atoms with Crippen LogP contribution in [-0.2, 0) is 6.42 Å². The molecule has 0 saturated heterocycles. The van der Waals surface area contributed by atoms with E-state index in [4.69, 9.17) is 0 Å². The van der Waals surface area contributed by atoms with Crippen molar-refractivity contribution in [3.05, 3.63) is 101 Å². The average Bonchev–Trinajstić information content (AvgIpc) is 2.75. The largest absolute Gasteiger partial charge is 0.352 e. The third-order valence-electron chi connectivity index (χ3n) is 4.21. The number of carbonyl (C=O) groups excluding carboxylic acids is 2. The molecule has 0 saturated carbocycles. The summed E-state index contributed by atoms with van der Waals surface area (Å²) < 4.78 is 40.0. The minimum atomic E-state index is -1.67. The van der Waals surface area contributed by atoms with Crippen molar-refractivity contribution in [1.29, 1.82) is 0 Å². The number of hydrogen-bond donors (Lipinski definition) is 2. The topological polar surface area (TPSA) is 58.2 Å². The van der Waals surface area contributed by atoms with Crippen molar-refractivity contribution in [1.82, 2.24) is 5.32 Å². The maximum absolute atomic E-state index is 13.7. The molecule has 0 aliphatic carbocycles. The number of amides is 2. The second-order valence-electron chi connectivity index (χ2n) is 6.25. The number of halogens is 3. The van der Waals surface area contributed by atoms with Crippen LogP contribution in [-0.4, -0.2) is 18.4 Å². The molecule has 148 valence electrons. The van der Waals surface area contributed by atoms with Crippen molar-refractivity contribution >= 4 is 17.5 Å². The zero-order valence-corrected chi connectivity index (χ0v) is 15.2. The smallest absolute Gasteiger partial charge is 0.255 e. The van der Waals surface area contributed by atoms with Gasteiger partial charge in [-0.25, -0.2) is 13.2 Å². The summed E-state index contributed by atoms with van der Waals surface area (Å²) >= 11 is 0. The summed E-state index contributed by atoms with van der Waals surface area (Å²) in [7, 11) is 0. The Labute approximate surface area is 165 Å². The van der Waals surface area contributed by atoms with Crippen LogP contribution in [0.25, 0.3) is 0 Å². The first-order chi connectivity index (χ1) is 14.0. The van der Waals surface area contributed by atoms with Crippen LogP contribution < -0.4 is 10.6 Å². The molecule has 7 heteroatoms. The van der Waals surface area contributed by atoms with Gasteiger partial charge in [-0.05, 0) is 42.3 Å². The maximum atomic E-state index is 13.7. The molecular weight excluding hydrogens is 381 g/mol. The highest BCUT2D eigenvalue weighted by Gasteiger charge is 2.17. The Morgan fingerprint density at radius 3 is 2.17 bits per heavy atom. The normalized spacial score (nSPS) is 10.4. The lowest BCUT2D eigenvalue weighted by atomic mass is 10.1. The Hall–Kier alpha value is -3.61. The first kappa shape index (κ1) is 20.1. The standard InChI is InChI=1S/C22H17F3N2O2/c23-17-9-10-18(20(25)19(17)24)27-22(29)16-8-4-7-15(13-16)21(28)26-12-11-14-5-2-1-3-6-14/h1-10,13H,11-12H2,(H,26,28)(H,27,29). The molecule has 0 heterocycles. The van der Waals surface area contributed by atoms with E-state index in [2.05, 4.69) is 10.6 Å². The molecule has 0 fully saturated rings. The molecule has 0 unspecified atom stereocenters. The average molecular weight is 398 g/mol. The zero-order chi connectivity index (χ0) is 20.8. The summed E-state index contributed by atoms with van der Waals surface area (Å²) in [4.78, 5) is 24.6. The SMILES string of the molecule is O=C(NCCc1ccccc1)c1cccc(C(=O)Nc2ccc(F)c(F)c2F)c1. The van der Waals surface area contributed by atoms with E-state index >= 15 is 0 Å². The summed E-state index contributed by atoms with van der Waals surface area (Å²) in [5.74, 6) is -5.64. The van der Waals surface area contributed by atoms with Crippen LogP contribution in [0.4, 0.5) is 18.9 Å². The van der Waals surface area contributed by atoms with E-state index in [1.807, 2.05) is 30.3 Å². The Balaban J connectivity index is 1.64. The molecule has 3 aromatic carbocycles. The first-order valence-electron chi connectivity index (χ1n) is 8.83. The quantitative estimate of drug-likeness (QED) is 0.608. The molecule has 2 N–H and O–H groups in total. The fourth-order valence-corrected chi connectivity index (χ4v) is 2.69. The Kier molecular flexibility index (Phi) is 6.29. The van der Waals surface area contributed by atoms with Gasteiger partial charge in [-0.3, -0.25) is 9.59 Å². The van der Waals surface area contributed by atoms with Gasteiger partial charge in [-0.2, -0.15) is 0 Å². The number of carbonyl (C=O) groups is 2. The first-order valence-corrected chi connectivity index (χ1v) is 8.83. The van der Waals surface area contributed by atoms with E-state index in [9.17, 15) is 22.8 Å². The summed E-state index contributed by atoms with van der Waals surface area (Å²) in [6, 6.07) is 17.1. The summed E-state index contributed by atoms with van der Waals surface area (Å²) in [5, 5.41) is 4.94. The van der Waals surface area contributed by atoms with Gasteiger partial charge >= 0.3 is 0 Å². The van der Waals surface area contributed by atoms with Crippen molar-refractivity contribution in [3.8, 4) is 0 Å². The van der Waals surface area contributed by atoms with Crippen LogP contribution in [0.15, 0.2) is 66.7 Å². The minimum absolute atomic E-state index is 0.0739. The fourth-order valence-electron chi connectivity index (χ4n) is 2.69. The van der Waals surface area contributed by atoms with E-state index in [0.717, 1.165) is 11.6 Å². The van der Waals surface area contributed by atoms with Gasteiger partial charge in [0, 0.05) is 17.7 Å². The van der Waals surface area contributed by atoms with Crippen LogP contribution in [0, 0.1) is 17.5 Å². The molecular formula is C22H17F3N2O2. The number of rotatable bonds is 6. The van der Waals surface area contributed by atoms with E-state index in [1.54, 1.807) is 0 Å². The van der Waals surface area contributed by atoms with E-state index in [-0.39, 0.29) is 17.0 Å². The van der Waals surface area contributed by atoms with Crippen molar-refractivity contribution in [3.63, 3.8) is 0 Å². The molecule has 4 nitrogen and oxygen atoms in total. The van der Waals surface area contributed by atoms with Crippen LogP contribution in [0.5, 0.6) is 0 Å². The van der Waals surface area contributed by atoms with Gasteiger partial charge in [0.15, 0.2) is 17.5 Å². The van der Waals surface area contributed by atoms with E-state index < -0.39 is 29.0 Å². The number of anilines is 1. The van der Waals surface area contributed by atoms with Gasteiger partial charge in [0.05, 0.1) is 5.69 Å². The molecule has 3 aromatic rings. The molecule has 0 radical (unpaired) electrons. The molecule has 29 heavy (non-hydrogen) atoms. The van der Waals surface area contributed by atoms with Gasteiger partial charge in [0.1, 0.15) is 0 Å².